The van der Waals surface area contributed by atoms with Gasteiger partial charge in [0.05, 0.1) is 17.3 Å². The van der Waals surface area contributed by atoms with Crippen molar-refractivity contribution in [3.8, 4) is 6.07 Å². The molecule has 0 saturated heterocycles. The van der Waals surface area contributed by atoms with E-state index in [0.717, 1.165) is 24.4 Å². The minimum absolute atomic E-state index is 0.112. The molecule has 0 N–H and O–H groups in total. The molecule has 0 saturated carbocycles. The molecule has 0 unspecified atom stereocenters. The summed E-state index contributed by atoms with van der Waals surface area (Å²) in [5, 5.41) is 8.17. The second kappa shape index (κ2) is 3.92. The van der Waals surface area contributed by atoms with Crippen molar-refractivity contribution >= 4 is 6.08 Å². The van der Waals surface area contributed by atoms with Crippen LogP contribution in [0.4, 0.5) is 13.2 Å². The first-order valence-corrected chi connectivity index (χ1v) is 3.63. The van der Waals surface area contributed by atoms with Crippen LogP contribution in [-0.2, 0) is 6.18 Å². The highest BCUT2D eigenvalue weighted by Gasteiger charge is 2.30. The Morgan fingerprint density at radius 3 is 2.71 bits per heavy atom. The zero-order chi connectivity index (χ0) is 10.6. The molecule has 0 atom stereocenters. The van der Waals surface area contributed by atoms with Crippen LogP contribution < -0.4 is 0 Å². The second-order valence-electron chi connectivity index (χ2n) is 2.43. The van der Waals surface area contributed by atoms with E-state index in [2.05, 4.69) is 4.98 Å². The van der Waals surface area contributed by atoms with Crippen LogP contribution in [0, 0.1) is 11.3 Å². The van der Waals surface area contributed by atoms with Crippen molar-refractivity contribution in [2.24, 2.45) is 0 Å². The summed E-state index contributed by atoms with van der Waals surface area (Å²) in [5.41, 5.74) is -0.661. The number of nitrogens with zero attached hydrogens (tertiary/aromatic N) is 2. The van der Waals surface area contributed by atoms with Gasteiger partial charge >= 0.3 is 6.18 Å². The largest absolute Gasteiger partial charge is 0.416 e. The normalized spacial score (nSPS) is 11.6. The Kier molecular flexibility index (Phi) is 2.87. The molecule has 0 spiro atoms. The zero-order valence-electron chi connectivity index (χ0n) is 6.92. The molecule has 72 valence electrons. The number of rotatable bonds is 1. The SMILES string of the molecule is N#CC=Cc1cc(C(F)(F)F)ccn1. The number of allylic oxidation sites excluding steroid dienone is 1. The van der Waals surface area contributed by atoms with Crippen LogP contribution >= 0.6 is 0 Å². The van der Waals surface area contributed by atoms with E-state index in [0.29, 0.717) is 0 Å². The third kappa shape index (κ3) is 2.59. The Labute approximate surface area is 78.3 Å². The summed E-state index contributed by atoms with van der Waals surface area (Å²) in [4.78, 5) is 3.65. The fraction of sp³-hybridized carbons (Fsp3) is 0.111. The highest BCUT2D eigenvalue weighted by atomic mass is 19.4. The summed E-state index contributed by atoms with van der Waals surface area (Å²) in [6.07, 6.45) is -1.03. The molecule has 1 aromatic heterocycles. The average molecular weight is 198 g/mol. The van der Waals surface area contributed by atoms with Crippen molar-refractivity contribution in [1.29, 1.82) is 5.26 Å². The molecule has 0 aliphatic rings. The first-order valence-electron chi connectivity index (χ1n) is 3.63. The van der Waals surface area contributed by atoms with E-state index in [1.54, 1.807) is 6.07 Å². The van der Waals surface area contributed by atoms with Crippen LogP contribution in [0.25, 0.3) is 6.08 Å². The van der Waals surface area contributed by atoms with Gasteiger partial charge in [0.2, 0.25) is 0 Å². The Morgan fingerprint density at radius 2 is 2.14 bits per heavy atom. The molecule has 2 nitrogen and oxygen atoms in total. The molecule has 1 aromatic rings. The van der Waals surface area contributed by atoms with Crippen LogP contribution in [0.15, 0.2) is 24.4 Å². The van der Waals surface area contributed by atoms with Crippen molar-refractivity contribution in [1.82, 2.24) is 4.98 Å². The number of pyridine rings is 1. The van der Waals surface area contributed by atoms with Crippen LogP contribution in [0.3, 0.4) is 0 Å². The standard InChI is InChI=1S/C9H5F3N2/c10-9(11,12)7-3-5-14-8(6-7)2-1-4-13/h1-3,5-6H. The minimum Gasteiger partial charge on any atom is -0.257 e. The molecule has 0 aliphatic heterocycles. The zero-order valence-corrected chi connectivity index (χ0v) is 6.92. The molecule has 0 fully saturated rings. The second-order valence-corrected chi connectivity index (χ2v) is 2.43. The molecular formula is C9H5F3N2. The summed E-state index contributed by atoms with van der Waals surface area (Å²) in [6.45, 7) is 0. The van der Waals surface area contributed by atoms with Crippen LogP contribution in [-0.4, -0.2) is 4.98 Å². The molecule has 0 aromatic carbocycles. The molecule has 0 aliphatic carbocycles. The van der Waals surface area contributed by atoms with Gasteiger partial charge in [-0.2, -0.15) is 18.4 Å². The highest BCUT2D eigenvalue weighted by Crippen LogP contribution is 2.29. The van der Waals surface area contributed by atoms with E-state index in [1.165, 1.54) is 6.08 Å². The summed E-state index contributed by atoms with van der Waals surface area (Å²) in [7, 11) is 0. The Morgan fingerprint density at radius 1 is 1.43 bits per heavy atom. The van der Waals surface area contributed by atoms with E-state index in [1.807, 2.05) is 0 Å². The lowest BCUT2D eigenvalue weighted by molar-refractivity contribution is -0.137. The smallest absolute Gasteiger partial charge is 0.257 e. The predicted octanol–water partition coefficient (Wildman–Crippen LogP) is 2.64. The molecular weight excluding hydrogens is 193 g/mol. The van der Waals surface area contributed by atoms with Crippen molar-refractivity contribution in [3.05, 3.63) is 35.7 Å². The maximum absolute atomic E-state index is 12.2. The van der Waals surface area contributed by atoms with E-state index in [4.69, 9.17) is 5.26 Å². The van der Waals surface area contributed by atoms with Gasteiger partial charge in [0, 0.05) is 12.3 Å². The number of hydrogen-bond donors (Lipinski definition) is 0. The third-order valence-corrected chi connectivity index (χ3v) is 1.44. The van der Waals surface area contributed by atoms with Gasteiger partial charge in [0.15, 0.2) is 0 Å². The van der Waals surface area contributed by atoms with Crippen molar-refractivity contribution < 1.29 is 13.2 Å². The lowest BCUT2D eigenvalue weighted by Crippen LogP contribution is -2.05. The van der Waals surface area contributed by atoms with Crippen molar-refractivity contribution in [3.63, 3.8) is 0 Å². The van der Waals surface area contributed by atoms with E-state index >= 15 is 0 Å². The Hall–Kier alpha value is -1.83. The van der Waals surface area contributed by atoms with Crippen LogP contribution in [0.5, 0.6) is 0 Å². The van der Waals surface area contributed by atoms with Gasteiger partial charge in [0.1, 0.15) is 0 Å². The van der Waals surface area contributed by atoms with Gasteiger partial charge in [-0.1, -0.05) is 0 Å². The fourth-order valence-electron chi connectivity index (χ4n) is 0.838. The van der Waals surface area contributed by atoms with Gasteiger partial charge in [-0.15, -0.1) is 0 Å². The molecule has 1 heterocycles. The van der Waals surface area contributed by atoms with Crippen molar-refractivity contribution in [2.45, 2.75) is 6.18 Å². The fourth-order valence-corrected chi connectivity index (χ4v) is 0.838. The molecule has 0 bridgehead atoms. The number of halogens is 3. The van der Waals surface area contributed by atoms with Crippen LogP contribution in [0.1, 0.15) is 11.3 Å². The Balaban J connectivity index is 3.03. The van der Waals surface area contributed by atoms with Gasteiger partial charge < -0.3 is 0 Å². The van der Waals surface area contributed by atoms with E-state index in [9.17, 15) is 13.2 Å². The summed E-state index contributed by atoms with van der Waals surface area (Å²) in [6, 6.07) is 3.43. The number of hydrogen-bond acceptors (Lipinski definition) is 2. The number of aromatic nitrogens is 1. The molecule has 14 heavy (non-hydrogen) atoms. The highest BCUT2D eigenvalue weighted by molar-refractivity contribution is 5.48. The quantitative estimate of drug-likeness (QED) is 0.650. The third-order valence-electron chi connectivity index (χ3n) is 1.44. The Bertz CT molecular complexity index is 388. The van der Waals surface area contributed by atoms with Gasteiger partial charge in [0.25, 0.3) is 0 Å². The molecule has 1 rings (SSSR count). The topological polar surface area (TPSA) is 36.7 Å². The monoisotopic (exact) mass is 198 g/mol. The summed E-state index contributed by atoms with van der Waals surface area (Å²) >= 11 is 0. The minimum atomic E-state index is -4.38. The maximum atomic E-state index is 12.2. The maximum Gasteiger partial charge on any atom is 0.416 e. The molecule has 0 amide bonds. The van der Waals surface area contributed by atoms with Crippen LogP contribution in [0.2, 0.25) is 0 Å². The van der Waals surface area contributed by atoms with E-state index in [-0.39, 0.29) is 5.69 Å². The number of nitriles is 1. The first kappa shape index (κ1) is 10.3. The lowest BCUT2D eigenvalue weighted by atomic mass is 10.2. The summed E-state index contributed by atoms with van der Waals surface area (Å²) < 4.78 is 36.5. The van der Waals surface area contributed by atoms with E-state index < -0.39 is 11.7 Å². The average Bonchev–Trinajstić information content (AvgIpc) is 2.14. The van der Waals surface area contributed by atoms with Gasteiger partial charge in [-0.3, -0.25) is 4.98 Å². The molecule has 5 heteroatoms. The number of alkyl halides is 3. The van der Waals surface area contributed by atoms with Gasteiger partial charge in [-0.05, 0) is 18.2 Å². The molecule has 0 radical (unpaired) electrons. The summed E-state index contributed by atoms with van der Waals surface area (Å²) in [5.74, 6) is 0. The first-order chi connectivity index (χ1) is 6.54. The van der Waals surface area contributed by atoms with Gasteiger partial charge in [-0.25, -0.2) is 0 Å². The predicted molar refractivity (Wildman–Crippen MR) is 43.9 cm³/mol. The van der Waals surface area contributed by atoms with Crippen molar-refractivity contribution in [2.75, 3.05) is 0 Å². The lowest BCUT2D eigenvalue weighted by Gasteiger charge is -2.05.